The summed E-state index contributed by atoms with van der Waals surface area (Å²) < 4.78 is 5.35. The molecule has 17 heavy (non-hydrogen) atoms. The van der Waals surface area contributed by atoms with Gasteiger partial charge in [-0.3, -0.25) is 9.69 Å². The SMILES string of the molecule is CN1C(C)(C)CC(OC(=O)CC=O)CC1(C)C. The average Bonchev–Trinajstić information content (AvgIpc) is 2.13. The molecule has 0 aromatic heterocycles. The predicted molar refractivity (Wildman–Crippen MR) is 65.7 cm³/mol. The van der Waals surface area contributed by atoms with Crippen molar-refractivity contribution < 1.29 is 14.3 Å². The Morgan fingerprint density at radius 1 is 1.29 bits per heavy atom. The molecule has 0 saturated carbocycles. The zero-order valence-corrected chi connectivity index (χ0v) is 11.4. The lowest BCUT2D eigenvalue weighted by Gasteiger charge is -2.53. The van der Waals surface area contributed by atoms with Crippen LogP contribution in [0.4, 0.5) is 0 Å². The van der Waals surface area contributed by atoms with Gasteiger partial charge in [-0.2, -0.15) is 0 Å². The topological polar surface area (TPSA) is 46.6 Å². The molecule has 4 nitrogen and oxygen atoms in total. The largest absolute Gasteiger partial charge is 0.462 e. The minimum absolute atomic E-state index is 0.00608. The monoisotopic (exact) mass is 241 g/mol. The molecule has 0 aromatic rings. The Morgan fingerprint density at radius 2 is 1.76 bits per heavy atom. The molecule has 0 spiro atoms. The highest BCUT2D eigenvalue weighted by atomic mass is 16.5. The second-order valence-electron chi connectivity index (χ2n) is 6.07. The third-order valence-electron chi connectivity index (χ3n) is 3.82. The van der Waals surface area contributed by atoms with E-state index >= 15 is 0 Å². The van der Waals surface area contributed by atoms with Crippen LogP contribution in [-0.4, -0.2) is 41.4 Å². The Labute approximate surface area is 103 Å². The van der Waals surface area contributed by atoms with Crippen molar-refractivity contribution in [2.45, 2.75) is 64.1 Å². The van der Waals surface area contributed by atoms with Gasteiger partial charge in [0.15, 0.2) is 0 Å². The minimum Gasteiger partial charge on any atom is -0.462 e. The molecule has 1 rings (SSSR count). The van der Waals surface area contributed by atoms with Crippen LogP contribution >= 0.6 is 0 Å². The van der Waals surface area contributed by atoms with Gasteiger partial charge in [0.1, 0.15) is 18.8 Å². The van der Waals surface area contributed by atoms with Gasteiger partial charge in [-0.1, -0.05) is 0 Å². The third-order valence-corrected chi connectivity index (χ3v) is 3.82. The number of nitrogens with zero attached hydrogens (tertiary/aromatic N) is 1. The molecule has 98 valence electrons. The number of hydrogen-bond acceptors (Lipinski definition) is 4. The van der Waals surface area contributed by atoms with E-state index in [9.17, 15) is 9.59 Å². The van der Waals surface area contributed by atoms with Crippen LogP contribution in [0.5, 0.6) is 0 Å². The Hall–Kier alpha value is -0.900. The highest BCUT2D eigenvalue weighted by Gasteiger charge is 2.44. The molecular formula is C13H23NO3. The predicted octanol–water partition coefficient (Wildman–Crippen LogP) is 1.77. The summed E-state index contributed by atoms with van der Waals surface area (Å²) in [7, 11) is 2.10. The van der Waals surface area contributed by atoms with Crippen molar-refractivity contribution >= 4 is 12.3 Å². The van der Waals surface area contributed by atoms with Crippen LogP contribution in [0.2, 0.25) is 0 Å². The summed E-state index contributed by atoms with van der Waals surface area (Å²) in [6, 6.07) is 0. The summed E-state index contributed by atoms with van der Waals surface area (Å²) in [6.45, 7) is 8.59. The third kappa shape index (κ3) is 3.28. The van der Waals surface area contributed by atoms with E-state index in [0.717, 1.165) is 12.8 Å². The molecule has 0 bridgehead atoms. The van der Waals surface area contributed by atoms with Crippen molar-refractivity contribution in [3.63, 3.8) is 0 Å². The molecule has 0 amide bonds. The zero-order valence-electron chi connectivity index (χ0n) is 11.4. The number of piperidine rings is 1. The van der Waals surface area contributed by atoms with Gasteiger partial charge < -0.3 is 9.53 Å². The van der Waals surface area contributed by atoms with Crippen molar-refractivity contribution in [1.82, 2.24) is 4.90 Å². The second kappa shape index (κ2) is 4.77. The van der Waals surface area contributed by atoms with Crippen LogP contribution in [0.25, 0.3) is 0 Å². The van der Waals surface area contributed by atoms with E-state index < -0.39 is 5.97 Å². The fourth-order valence-electron chi connectivity index (χ4n) is 2.67. The fourth-order valence-corrected chi connectivity index (χ4v) is 2.67. The summed E-state index contributed by atoms with van der Waals surface area (Å²) in [5.41, 5.74) is -0.0122. The smallest absolute Gasteiger partial charge is 0.313 e. The molecular weight excluding hydrogens is 218 g/mol. The van der Waals surface area contributed by atoms with Crippen molar-refractivity contribution in [3.05, 3.63) is 0 Å². The van der Waals surface area contributed by atoms with Crippen LogP contribution in [0.1, 0.15) is 47.0 Å². The Bertz CT molecular complexity index is 292. The van der Waals surface area contributed by atoms with E-state index in [1.54, 1.807) is 0 Å². The molecule has 1 aliphatic rings. The molecule has 0 N–H and O–H groups in total. The standard InChI is InChI=1S/C13H23NO3/c1-12(2)8-10(17-11(16)6-7-15)9-13(3,4)14(12)5/h7,10H,6,8-9H2,1-5H3. The molecule has 1 fully saturated rings. The molecule has 0 atom stereocenters. The maximum Gasteiger partial charge on any atom is 0.313 e. The van der Waals surface area contributed by atoms with Gasteiger partial charge in [-0.15, -0.1) is 0 Å². The number of aldehydes is 1. The van der Waals surface area contributed by atoms with E-state index in [-0.39, 0.29) is 23.6 Å². The normalized spacial score (nSPS) is 24.3. The number of ether oxygens (including phenoxy) is 1. The van der Waals surface area contributed by atoms with Gasteiger partial charge in [-0.05, 0) is 34.7 Å². The first-order valence-corrected chi connectivity index (χ1v) is 6.06. The van der Waals surface area contributed by atoms with E-state index in [0.29, 0.717) is 6.29 Å². The van der Waals surface area contributed by atoms with Gasteiger partial charge in [-0.25, -0.2) is 0 Å². The van der Waals surface area contributed by atoms with Gasteiger partial charge in [0.05, 0.1) is 0 Å². The Morgan fingerprint density at radius 3 is 2.18 bits per heavy atom. The van der Waals surface area contributed by atoms with Crippen molar-refractivity contribution in [3.8, 4) is 0 Å². The van der Waals surface area contributed by atoms with Crippen molar-refractivity contribution in [2.24, 2.45) is 0 Å². The molecule has 1 aliphatic heterocycles. The van der Waals surface area contributed by atoms with Gasteiger partial charge >= 0.3 is 5.97 Å². The van der Waals surface area contributed by atoms with Crippen molar-refractivity contribution in [2.75, 3.05) is 7.05 Å². The molecule has 0 aromatic carbocycles. The Balaban J connectivity index is 2.71. The molecule has 0 aliphatic carbocycles. The lowest BCUT2D eigenvalue weighted by Crippen LogP contribution is -2.60. The molecule has 1 saturated heterocycles. The van der Waals surface area contributed by atoms with Crippen LogP contribution in [-0.2, 0) is 14.3 Å². The summed E-state index contributed by atoms with van der Waals surface area (Å²) in [5.74, 6) is -0.416. The van der Waals surface area contributed by atoms with E-state index in [4.69, 9.17) is 4.74 Å². The maximum absolute atomic E-state index is 11.3. The highest BCUT2D eigenvalue weighted by molar-refractivity contribution is 5.83. The molecule has 0 radical (unpaired) electrons. The number of carbonyl (C=O) groups is 2. The number of esters is 1. The number of carbonyl (C=O) groups excluding carboxylic acids is 2. The summed E-state index contributed by atoms with van der Waals surface area (Å²) in [6.07, 6.45) is 1.96. The molecule has 0 unspecified atom stereocenters. The molecule has 4 heteroatoms. The minimum atomic E-state index is -0.416. The van der Waals surface area contributed by atoms with Crippen LogP contribution in [0.15, 0.2) is 0 Å². The summed E-state index contributed by atoms with van der Waals surface area (Å²) in [4.78, 5) is 23.9. The first kappa shape index (κ1) is 14.2. The first-order chi connectivity index (χ1) is 7.69. The van der Waals surface area contributed by atoms with Gasteiger partial charge in [0, 0.05) is 23.9 Å². The van der Waals surface area contributed by atoms with E-state index in [2.05, 4.69) is 39.6 Å². The maximum atomic E-state index is 11.3. The fraction of sp³-hybridized carbons (Fsp3) is 0.846. The van der Waals surface area contributed by atoms with E-state index in [1.165, 1.54) is 0 Å². The van der Waals surface area contributed by atoms with Crippen LogP contribution in [0.3, 0.4) is 0 Å². The number of likely N-dealkylation sites (tertiary alicyclic amines) is 1. The lowest BCUT2D eigenvalue weighted by atomic mass is 9.79. The zero-order chi connectivity index (χ0) is 13.3. The van der Waals surface area contributed by atoms with Gasteiger partial charge in [0.2, 0.25) is 0 Å². The Kier molecular flexibility index (Phi) is 3.97. The van der Waals surface area contributed by atoms with Crippen LogP contribution in [0, 0.1) is 0 Å². The first-order valence-electron chi connectivity index (χ1n) is 6.06. The van der Waals surface area contributed by atoms with Crippen molar-refractivity contribution in [1.29, 1.82) is 0 Å². The lowest BCUT2D eigenvalue weighted by molar-refractivity contribution is -0.158. The van der Waals surface area contributed by atoms with E-state index in [1.807, 2.05) is 0 Å². The van der Waals surface area contributed by atoms with Crippen LogP contribution < -0.4 is 0 Å². The van der Waals surface area contributed by atoms with Gasteiger partial charge in [0.25, 0.3) is 0 Å². The summed E-state index contributed by atoms with van der Waals surface area (Å²) >= 11 is 0. The second-order valence-corrected chi connectivity index (χ2v) is 6.07. The quantitative estimate of drug-likeness (QED) is 0.429. The summed E-state index contributed by atoms with van der Waals surface area (Å²) in [5, 5.41) is 0. The number of hydrogen-bond donors (Lipinski definition) is 0. The highest BCUT2D eigenvalue weighted by Crippen LogP contribution is 2.38. The number of rotatable bonds is 3. The average molecular weight is 241 g/mol. The molecule has 1 heterocycles.